The average molecular weight is 260 g/mol. The number of hydrogen-bond acceptors (Lipinski definition) is 5. The molecule has 19 heavy (non-hydrogen) atoms. The SMILES string of the molecule is CC1=CC2=Cc3cc(O)cc(O)c3C(=O)[C@@]2(O)CO1. The Morgan fingerprint density at radius 3 is 2.74 bits per heavy atom. The molecule has 0 bridgehead atoms. The highest BCUT2D eigenvalue weighted by atomic mass is 16.5. The number of aliphatic hydroxyl groups is 1. The first-order chi connectivity index (χ1) is 8.91. The third-order valence-corrected chi connectivity index (χ3v) is 3.39. The number of hydrogen-bond donors (Lipinski definition) is 3. The quantitative estimate of drug-likeness (QED) is 0.655. The maximum Gasteiger partial charge on any atom is 0.206 e. The molecule has 5 nitrogen and oxygen atoms in total. The summed E-state index contributed by atoms with van der Waals surface area (Å²) in [5, 5.41) is 29.7. The molecule has 0 fully saturated rings. The number of Topliss-reactive ketones (excluding diaryl/α,β-unsaturated/α-hetero) is 1. The fourth-order valence-electron chi connectivity index (χ4n) is 2.41. The van der Waals surface area contributed by atoms with E-state index in [0.717, 1.165) is 6.07 Å². The summed E-state index contributed by atoms with van der Waals surface area (Å²) in [7, 11) is 0. The van der Waals surface area contributed by atoms with Crippen molar-refractivity contribution in [3.63, 3.8) is 0 Å². The number of benzene rings is 1. The summed E-state index contributed by atoms with van der Waals surface area (Å²) in [5.41, 5.74) is -0.992. The van der Waals surface area contributed by atoms with Gasteiger partial charge in [-0.05, 0) is 36.3 Å². The van der Waals surface area contributed by atoms with Gasteiger partial charge in [-0.2, -0.15) is 0 Å². The minimum atomic E-state index is -1.78. The fourth-order valence-corrected chi connectivity index (χ4v) is 2.41. The first-order valence-electron chi connectivity index (χ1n) is 5.78. The molecule has 1 aliphatic carbocycles. The zero-order valence-corrected chi connectivity index (χ0v) is 10.2. The average Bonchev–Trinajstić information content (AvgIpc) is 2.31. The molecule has 3 rings (SSSR count). The molecule has 0 spiro atoms. The van der Waals surface area contributed by atoms with E-state index in [4.69, 9.17) is 4.74 Å². The van der Waals surface area contributed by atoms with E-state index in [2.05, 4.69) is 0 Å². The van der Waals surface area contributed by atoms with E-state index in [9.17, 15) is 20.1 Å². The summed E-state index contributed by atoms with van der Waals surface area (Å²) in [4.78, 5) is 12.4. The highest BCUT2D eigenvalue weighted by molar-refractivity contribution is 6.12. The fraction of sp³-hybridized carbons (Fsp3) is 0.214. The standard InChI is InChI=1S/C14H12O5/c1-7-2-9-3-8-4-10(15)5-11(16)12(8)13(17)14(9,18)6-19-7/h2-5,15-16,18H,6H2,1H3/t14-/m1/s1. The third-order valence-electron chi connectivity index (χ3n) is 3.39. The summed E-state index contributed by atoms with van der Waals surface area (Å²) in [5.74, 6) is -0.521. The number of allylic oxidation sites excluding steroid dienone is 1. The largest absolute Gasteiger partial charge is 0.508 e. The Balaban J connectivity index is 2.30. The minimum absolute atomic E-state index is 0.000558. The van der Waals surface area contributed by atoms with Gasteiger partial charge in [0.2, 0.25) is 5.78 Å². The van der Waals surface area contributed by atoms with Crippen molar-refractivity contribution in [3.05, 3.63) is 40.7 Å². The topological polar surface area (TPSA) is 87.0 Å². The van der Waals surface area contributed by atoms with E-state index >= 15 is 0 Å². The zero-order valence-electron chi connectivity index (χ0n) is 10.2. The number of carbonyl (C=O) groups excluding carboxylic acids is 1. The number of rotatable bonds is 0. The first-order valence-corrected chi connectivity index (χ1v) is 5.78. The Kier molecular flexibility index (Phi) is 2.24. The van der Waals surface area contributed by atoms with Gasteiger partial charge in [0, 0.05) is 6.07 Å². The number of ketones is 1. The molecule has 0 aromatic heterocycles. The van der Waals surface area contributed by atoms with Crippen LogP contribution in [0.1, 0.15) is 22.8 Å². The number of fused-ring (bicyclic) bond motifs is 2. The van der Waals surface area contributed by atoms with Crippen molar-refractivity contribution in [1.82, 2.24) is 0 Å². The van der Waals surface area contributed by atoms with Crippen molar-refractivity contribution < 1.29 is 24.9 Å². The summed E-state index contributed by atoms with van der Waals surface area (Å²) >= 11 is 0. The van der Waals surface area contributed by atoms with E-state index in [1.165, 1.54) is 6.07 Å². The van der Waals surface area contributed by atoms with Crippen LogP contribution in [0.4, 0.5) is 0 Å². The van der Waals surface area contributed by atoms with Gasteiger partial charge in [-0.3, -0.25) is 4.79 Å². The van der Waals surface area contributed by atoms with Gasteiger partial charge in [0.15, 0.2) is 5.60 Å². The Morgan fingerprint density at radius 2 is 2.00 bits per heavy atom. The summed E-state index contributed by atoms with van der Waals surface area (Å²) in [6.07, 6.45) is 3.15. The lowest BCUT2D eigenvalue weighted by Gasteiger charge is -2.35. The van der Waals surface area contributed by atoms with Gasteiger partial charge in [-0.25, -0.2) is 0 Å². The maximum atomic E-state index is 12.4. The second kappa shape index (κ2) is 3.61. The van der Waals surface area contributed by atoms with Crippen LogP contribution in [0.2, 0.25) is 0 Å². The number of phenolic OH excluding ortho intramolecular Hbond substituents is 2. The molecule has 3 N–H and O–H groups in total. The molecule has 5 heteroatoms. The molecule has 1 atom stereocenters. The van der Waals surface area contributed by atoms with Crippen molar-refractivity contribution in [2.45, 2.75) is 12.5 Å². The van der Waals surface area contributed by atoms with Crippen molar-refractivity contribution in [3.8, 4) is 11.5 Å². The van der Waals surface area contributed by atoms with Crippen LogP contribution in [-0.4, -0.2) is 33.3 Å². The van der Waals surface area contributed by atoms with Crippen molar-refractivity contribution in [2.75, 3.05) is 6.61 Å². The van der Waals surface area contributed by atoms with E-state index in [1.807, 2.05) is 0 Å². The van der Waals surface area contributed by atoms with Crippen LogP contribution in [-0.2, 0) is 4.74 Å². The van der Waals surface area contributed by atoms with Crippen molar-refractivity contribution in [2.24, 2.45) is 0 Å². The smallest absolute Gasteiger partial charge is 0.206 e. The summed E-state index contributed by atoms with van der Waals surface area (Å²) in [6.45, 7) is 1.54. The predicted molar refractivity (Wildman–Crippen MR) is 66.7 cm³/mol. The molecule has 1 aromatic rings. The van der Waals surface area contributed by atoms with E-state index < -0.39 is 11.4 Å². The number of ether oxygens (including phenoxy) is 1. The molecular formula is C14H12O5. The highest BCUT2D eigenvalue weighted by Gasteiger charge is 2.47. The van der Waals surface area contributed by atoms with Crippen LogP contribution >= 0.6 is 0 Å². The third kappa shape index (κ3) is 1.55. The molecule has 0 amide bonds. The lowest BCUT2D eigenvalue weighted by molar-refractivity contribution is 0.00458. The second-order valence-electron chi connectivity index (χ2n) is 4.76. The molecule has 0 saturated heterocycles. The van der Waals surface area contributed by atoms with Gasteiger partial charge in [0.1, 0.15) is 18.1 Å². The van der Waals surface area contributed by atoms with Gasteiger partial charge >= 0.3 is 0 Å². The van der Waals surface area contributed by atoms with Crippen LogP contribution < -0.4 is 0 Å². The Hall–Kier alpha value is -2.27. The minimum Gasteiger partial charge on any atom is -0.508 e. The maximum absolute atomic E-state index is 12.4. The van der Waals surface area contributed by atoms with Gasteiger partial charge in [-0.15, -0.1) is 0 Å². The van der Waals surface area contributed by atoms with Crippen molar-refractivity contribution >= 4 is 11.9 Å². The van der Waals surface area contributed by atoms with Crippen LogP contribution in [0.5, 0.6) is 11.5 Å². The number of carbonyl (C=O) groups is 1. The Labute approximate surface area is 109 Å². The molecule has 1 heterocycles. The predicted octanol–water partition coefficient (Wildman–Crippen LogP) is 1.34. The highest BCUT2D eigenvalue weighted by Crippen LogP contribution is 2.41. The lowest BCUT2D eigenvalue weighted by Crippen LogP contribution is -2.48. The molecule has 0 radical (unpaired) electrons. The van der Waals surface area contributed by atoms with Gasteiger partial charge in [0.05, 0.1) is 11.3 Å². The van der Waals surface area contributed by atoms with Crippen LogP contribution in [0, 0.1) is 0 Å². The summed E-state index contributed by atoms with van der Waals surface area (Å²) < 4.78 is 5.22. The Bertz CT molecular complexity index is 656. The van der Waals surface area contributed by atoms with Crippen molar-refractivity contribution in [1.29, 1.82) is 0 Å². The first kappa shape index (κ1) is 11.8. The van der Waals surface area contributed by atoms with Gasteiger partial charge in [0.25, 0.3) is 0 Å². The lowest BCUT2D eigenvalue weighted by atomic mass is 9.77. The molecule has 2 aliphatic rings. The van der Waals surface area contributed by atoms with Gasteiger partial charge in [-0.1, -0.05) is 0 Å². The molecular weight excluding hydrogens is 248 g/mol. The van der Waals surface area contributed by atoms with Gasteiger partial charge < -0.3 is 20.1 Å². The number of aromatic hydroxyl groups is 2. The van der Waals surface area contributed by atoms with E-state index in [-0.39, 0.29) is 23.7 Å². The van der Waals surface area contributed by atoms with Crippen LogP contribution in [0.15, 0.2) is 29.5 Å². The molecule has 0 saturated carbocycles. The molecule has 98 valence electrons. The molecule has 1 aromatic carbocycles. The molecule has 0 unspecified atom stereocenters. The van der Waals surface area contributed by atoms with E-state index in [1.54, 1.807) is 19.1 Å². The van der Waals surface area contributed by atoms with Crippen LogP contribution in [0.3, 0.4) is 0 Å². The monoisotopic (exact) mass is 260 g/mol. The normalized spacial score (nSPS) is 24.8. The zero-order chi connectivity index (χ0) is 13.8. The summed E-state index contributed by atoms with van der Waals surface area (Å²) in [6, 6.07) is 2.45. The Morgan fingerprint density at radius 1 is 1.26 bits per heavy atom. The van der Waals surface area contributed by atoms with Crippen LogP contribution in [0.25, 0.3) is 6.08 Å². The second-order valence-corrected chi connectivity index (χ2v) is 4.76. The number of phenols is 2. The molecule has 1 aliphatic heterocycles. The van der Waals surface area contributed by atoms with E-state index in [0.29, 0.717) is 16.9 Å².